The van der Waals surface area contributed by atoms with Gasteiger partial charge in [-0.1, -0.05) is 24.3 Å². The number of hydrogen-bond donors (Lipinski definition) is 0. The van der Waals surface area contributed by atoms with Crippen LogP contribution in [0.4, 0.5) is 0 Å². The van der Waals surface area contributed by atoms with Crippen molar-refractivity contribution < 1.29 is 4.42 Å². The van der Waals surface area contributed by atoms with Gasteiger partial charge in [-0.25, -0.2) is 0 Å². The number of fused-ring (bicyclic) bond motifs is 21. The van der Waals surface area contributed by atoms with E-state index in [2.05, 4.69) is 71.4 Å². The van der Waals surface area contributed by atoms with Gasteiger partial charge in [-0.05, 0) is 163 Å². The molecule has 252 valence electrons. The molecule has 8 aliphatic carbocycles. The highest BCUT2D eigenvalue weighted by atomic mass is 16.3. The van der Waals surface area contributed by atoms with Gasteiger partial charge in [0.25, 0.3) is 0 Å². The maximum Gasteiger partial charge on any atom is 0.136 e. The Labute approximate surface area is 300 Å². The van der Waals surface area contributed by atoms with Gasteiger partial charge in [0.15, 0.2) is 0 Å². The Hall–Kier alpha value is -4.44. The molecule has 16 rings (SSSR count). The molecule has 3 aromatic carbocycles. The van der Waals surface area contributed by atoms with E-state index in [9.17, 15) is 0 Å². The normalized spacial score (nSPS) is 37.0. The number of furan rings is 1. The maximum atomic E-state index is 6.49. The standard InChI is InChI=1S/C48H39N3O/c1-2-4-38-32(3-1)33-6-5-22(13-39(33)52-38)23-11-34-42-36(20-49-44-26-9-30-14-28-7-24(40(42)44)16-47(28,30)18-26)51-37-21-50-45-27-10-31-15-29-8-25(17-48(29,31)19-27)41(45)43(37)35(12-23)46(34)51/h1-6,11-13,20-21,24-31H,7-10,14-19H2. The Morgan fingerprint density at radius 3 is 1.73 bits per heavy atom. The first-order chi connectivity index (χ1) is 25.6. The number of hydrogen-bond acceptors (Lipinski definition) is 3. The van der Waals surface area contributed by atoms with Crippen LogP contribution < -0.4 is 0 Å². The van der Waals surface area contributed by atoms with Crippen LogP contribution in [0.1, 0.15) is 110 Å². The minimum absolute atomic E-state index is 0.614. The van der Waals surface area contributed by atoms with Gasteiger partial charge in [0.1, 0.15) is 11.2 Å². The number of benzene rings is 3. The fourth-order valence-corrected chi connectivity index (χ4v) is 16.3. The van der Waals surface area contributed by atoms with Crippen LogP contribution >= 0.6 is 0 Å². The van der Waals surface area contributed by atoms with Gasteiger partial charge >= 0.3 is 0 Å². The Morgan fingerprint density at radius 2 is 1.10 bits per heavy atom. The zero-order valence-corrected chi connectivity index (χ0v) is 29.3. The third-order valence-corrected chi connectivity index (χ3v) is 18.1. The largest absolute Gasteiger partial charge is 0.456 e. The molecule has 0 aliphatic heterocycles. The zero-order chi connectivity index (χ0) is 33.0. The van der Waals surface area contributed by atoms with Gasteiger partial charge in [-0.2, -0.15) is 0 Å². The molecule has 4 nitrogen and oxygen atoms in total. The minimum Gasteiger partial charge on any atom is -0.456 e. The molecule has 5 aromatic heterocycles. The molecule has 5 heterocycles. The summed E-state index contributed by atoms with van der Waals surface area (Å²) >= 11 is 0. The lowest BCUT2D eigenvalue weighted by Crippen LogP contribution is -2.41. The highest BCUT2D eigenvalue weighted by Gasteiger charge is 2.67. The molecule has 6 fully saturated rings. The fourth-order valence-electron chi connectivity index (χ4n) is 16.3. The van der Waals surface area contributed by atoms with Crippen LogP contribution in [-0.2, 0) is 0 Å². The van der Waals surface area contributed by atoms with E-state index < -0.39 is 0 Å². The zero-order valence-electron chi connectivity index (χ0n) is 29.3. The quantitative estimate of drug-likeness (QED) is 0.174. The minimum atomic E-state index is 0.614. The molecule has 10 atom stereocenters. The highest BCUT2D eigenvalue weighted by Crippen LogP contribution is 2.77. The van der Waals surface area contributed by atoms with Crippen molar-refractivity contribution in [1.82, 2.24) is 14.4 Å². The molecule has 0 N–H and O–H groups in total. The molecular formula is C48H39N3O. The van der Waals surface area contributed by atoms with Crippen molar-refractivity contribution in [3.05, 3.63) is 89.5 Å². The van der Waals surface area contributed by atoms with Crippen molar-refractivity contribution in [3.8, 4) is 11.1 Å². The summed E-state index contributed by atoms with van der Waals surface area (Å²) in [4.78, 5) is 11.0. The lowest BCUT2D eigenvalue weighted by molar-refractivity contribution is 0.00321. The Balaban J connectivity index is 1.04. The molecule has 6 saturated carbocycles. The molecule has 4 heteroatoms. The van der Waals surface area contributed by atoms with E-state index in [0.717, 1.165) is 34.8 Å². The molecule has 52 heavy (non-hydrogen) atoms. The first-order valence-electron chi connectivity index (χ1n) is 20.6. The monoisotopic (exact) mass is 673 g/mol. The predicted molar refractivity (Wildman–Crippen MR) is 205 cm³/mol. The summed E-state index contributed by atoms with van der Waals surface area (Å²) in [5.74, 6) is 6.35. The van der Waals surface area contributed by atoms with Crippen LogP contribution in [0.5, 0.6) is 0 Å². The van der Waals surface area contributed by atoms with Crippen LogP contribution in [0, 0.1) is 34.5 Å². The van der Waals surface area contributed by atoms with E-state index in [-0.39, 0.29) is 0 Å². The van der Waals surface area contributed by atoms with E-state index in [0.29, 0.717) is 34.5 Å². The molecule has 10 unspecified atom stereocenters. The van der Waals surface area contributed by atoms with Crippen molar-refractivity contribution >= 4 is 60.0 Å². The van der Waals surface area contributed by atoms with Crippen LogP contribution in [-0.4, -0.2) is 14.4 Å². The van der Waals surface area contributed by atoms with Gasteiger partial charge in [0, 0.05) is 55.5 Å². The van der Waals surface area contributed by atoms with E-state index in [1.165, 1.54) is 136 Å². The van der Waals surface area contributed by atoms with Gasteiger partial charge in [-0.15, -0.1) is 0 Å². The van der Waals surface area contributed by atoms with Crippen LogP contribution in [0.3, 0.4) is 0 Å². The maximum absolute atomic E-state index is 6.49. The topological polar surface area (TPSA) is 43.3 Å². The molecular weight excluding hydrogens is 635 g/mol. The average molecular weight is 674 g/mol. The third-order valence-electron chi connectivity index (χ3n) is 18.1. The van der Waals surface area contributed by atoms with Crippen molar-refractivity contribution in [2.24, 2.45) is 34.5 Å². The molecule has 6 bridgehead atoms. The second kappa shape index (κ2) is 8.05. The summed E-state index contributed by atoms with van der Waals surface area (Å²) in [5.41, 5.74) is 16.0. The summed E-state index contributed by atoms with van der Waals surface area (Å²) < 4.78 is 9.13. The van der Waals surface area contributed by atoms with E-state index in [1.54, 1.807) is 11.1 Å². The van der Waals surface area contributed by atoms with E-state index >= 15 is 0 Å². The Bertz CT molecular complexity index is 2880. The van der Waals surface area contributed by atoms with Crippen molar-refractivity contribution in [2.75, 3.05) is 0 Å². The number of rotatable bonds is 1. The van der Waals surface area contributed by atoms with Gasteiger partial charge in [0.2, 0.25) is 0 Å². The molecule has 0 amide bonds. The van der Waals surface area contributed by atoms with Gasteiger partial charge < -0.3 is 8.82 Å². The lowest BCUT2D eigenvalue weighted by Gasteiger charge is -2.48. The van der Waals surface area contributed by atoms with Gasteiger partial charge in [0.05, 0.1) is 28.9 Å². The van der Waals surface area contributed by atoms with Crippen molar-refractivity contribution in [3.63, 3.8) is 0 Å². The molecule has 0 saturated heterocycles. The molecule has 0 radical (unpaired) electrons. The first kappa shape index (κ1) is 26.3. The number of para-hydroxylation sites is 1. The summed E-state index contributed by atoms with van der Waals surface area (Å²) in [7, 11) is 0. The predicted octanol–water partition coefficient (Wildman–Crippen LogP) is 12.0. The Kier molecular flexibility index (Phi) is 4.08. The summed E-state index contributed by atoms with van der Waals surface area (Å²) in [6.07, 6.45) is 18.6. The third kappa shape index (κ3) is 2.63. The van der Waals surface area contributed by atoms with Crippen LogP contribution in [0.2, 0.25) is 0 Å². The average Bonchev–Trinajstić information content (AvgIpc) is 4.00. The highest BCUT2D eigenvalue weighted by molar-refractivity contribution is 6.26. The molecule has 8 aromatic rings. The van der Waals surface area contributed by atoms with Crippen molar-refractivity contribution in [1.29, 1.82) is 0 Å². The van der Waals surface area contributed by atoms with Gasteiger partial charge in [-0.3, -0.25) is 9.97 Å². The molecule has 8 aliphatic rings. The van der Waals surface area contributed by atoms with Crippen LogP contribution in [0.25, 0.3) is 71.2 Å². The van der Waals surface area contributed by atoms with Crippen molar-refractivity contribution in [2.45, 2.75) is 87.9 Å². The summed E-state index contributed by atoms with van der Waals surface area (Å²) in [5, 5.41) is 8.32. The summed E-state index contributed by atoms with van der Waals surface area (Å²) in [6, 6.07) is 20.6. The second-order valence-electron chi connectivity index (χ2n) is 19.5. The lowest BCUT2D eigenvalue weighted by atomic mass is 9.56. The van der Waals surface area contributed by atoms with E-state index in [1.807, 2.05) is 0 Å². The molecule has 2 spiro atoms. The number of aromatic nitrogens is 3. The second-order valence-corrected chi connectivity index (χ2v) is 19.5. The SMILES string of the molecule is c1ccc2c(c1)oc1cc(-c3cc4c5c6c(ncc5n5c7cnc8c(c7c(c3)c45)C3CC4CC5CC8CC54C3)C3CC4CC5CC6CC45C3)ccc12. The Morgan fingerprint density at radius 1 is 0.538 bits per heavy atom. The summed E-state index contributed by atoms with van der Waals surface area (Å²) in [6.45, 7) is 0. The van der Waals surface area contributed by atoms with Crippen LogP contribution in [0.15, 0.2) is 71.4 Å². The smallest absolute Gasteiger partial charge is 0.136 e. The number of pyridine rings is 2. The fraction of sp³-hybridized carbons (Fsp3) is 0.417. The number of nitrogens with zero attached hydrogens (tertiary/aromatic N) is 3. The first-order valence-corrected chi connectivity index (χ1v) is 20.6. The van der Waals surface area contributed by atoms with E-state index in [4.69, 9.17) is 14.4 Å².